The number of nitrogens with zero attached hydrogens (tertiary/aromatic N) is 2. The molecule has 0 aromatic heterocycles. The smallest absolute Gasteiger partial charge is 0.308 e. The van der Waals surface area contributed by atoms with Gasteiger partial charge < -0.3 is 14.9 Å². The quantitative estimate of drug-likeness (QED) is 0.911. The number of aliphatic carboxylic acids is 1. The van der Waals surface area contributed by atoms with Gasteiger partial charge in [-0.1, -0.05) is 0 Å². The lowest BCUT2D eigenvalue weighted by Crippen LogP contribution is -2.25. The Bertz CT molecular complexity index is 520. The molecule has 0 spiro atoms. The van der Waals surface area contributed by atoms with Crippen LogP contribution in [0.25, 0.3) is 0 Å². The van der Waals surface area contributed by atoms with Crippen molar-refractivity contribution >= 4 is 23.3 Å². The summed E-state index contributed by atoms with van der Waals surface area (Å²) in [4.78, 5) is 26.8. The molecule has 0 radical (unpaired) electrons. The molecular weight excluding hydrogens is 256 g/mol. The van der Waals surface area contributed by atoms with Gasteiger partial charge in [-0.15, -0.1) is 0 Å². The van der Waals surface area contributed by atoms with Crippen LogP contribution in [0.3, 0.4) is 0 Å². The predicted molar refractivity (Wildman–Crippen MR) is 76.0 cm³/mol. The van der Waals surface area contributed by atoms with Crippen LogP contribution in [0.5, 0.6) is 0 Å². The van der Waals surface area contributed by atoms with Crippen LogP contribution in [-0.2, 0) is 9.59 Å². The average molecular weight is 274 g/mol. The summed E-state index contributed by atoms with van der Waals surface area (Å²) in [7, 11) is 0. The summed E-state index contributed by atoms with van der Waals surface area (Å²) < 4.78 is 0. The van der Waals surface area contributed by atoms with Gasteiger partial charge in [0.15, 0.2) is 0 Å². The zero-order valence-corrected chi connectivity index (χ0v) is 11.3. The molecule has 1 amide bonds. The number of carbonyl (C=O) groups is 2. The Morgan fingerprint density at radius 2 is 1.70 bits per heavy atom. The molecule has 20 heavy (non-hydrogen) atoms. The molecule has 1 atom stereocenters. The van der Waals surface area contributed by atoms with Gasteiger partial charge in [0.25, 0.3) is 0 Å². The number of carbonyl (C=O) groups excluding carboxylic acids is 1. The van der Waals surface area contributed by atoms with Gasteiger partial charge in [0, 0.05) is 37.4 Å². The van der Waals surface area contributed by atoms with E-state index in [2.05, 4.69) is 4.90 Å². The van der Waals surface area contributed by atoms with E-state index in [-0.39, 0.29) is 18.9 Å². The second-order valence-electron chi connectivity index (χ2n) is 5.45. The molecule has 5 nitrogen and oxygen atoms in total. The fourth-order valence-electron chi connectivity index (χ4n) is 2.94. The summed E-state index contributed by atoms with van der Waals surface area (Å²) in [6.45, 7) is 2.45. The third kappa shape index (κ3) is 2.35. The Hall–Kier alpha value is -2.04. The van der Waals surface area contributed by atoms with Crippen molar-refractivity contribution in [3.63, 3.8) is 0 Å². The van der Waals surface area contributed by atoms with E-state index in [9.17, 15) is 9.59 Å². The molecule has 2 fully saturated rings. The fourth-order valence-corrected chi connectivity index (χ4v) is 2.94. The van der Waals surface area contributed by atoms with E-state index in [0.717, 1.165) is 18.8 Å². The molecule has 0 unspecified atom stereocenters. The van der Waals surface area contributed by atoms with Crippen molar-refractivity contribution in [1.82, 2.24) is 0 Å². The summed E-state index contributed by atoms with van der Waals surface area (Å²) in [6, 6.07) is 7.86. The van der Waals surface area contributed by atoms with Crippen molar-refractivity contribution in [3.8, 4) is 0 Å². The van der Waals surface area contributed by atoms with Crippen LogP contribution >= 0.6 is 0 Å². The first-order valence-electron chi connectivity index (χ1n) is 7.03. The SMILES string of the molecule is O=C(O)[C@H]1CC(=O)N(c2ccc(N3CCCC3)cc2)C1. The molecule has 5 heteroatoms. The summed E-state index contributed by atoms with van der Waals surface area (Å²) in [6.07, 6.45) is 2.56. The molecule has 106 valence electrons. The maximum atomic E-state index is 11.9. The maximum Gasteiger partial charge on any atom is 0.308 e. The standard InChI is InChI=1S/C15H18N2O3/c18-14-9-11(15(19)20)10-17(14)13-5-3-12(4-6-13)16-7-1-2-8-16/h3-6,11H,1-2,7-10H2,(H,19,20)/t11-/m0/s1. The van der Waals surface area contributed by atoms with Gasteiger partial charge in [-0.2, -0.15) is 0 Å². The van der Waals surface area contributed by atoms with E-state index in [4.69, 9.17) is 5.11 Å². The van der Waals surface area contributed by atoms with Crippen molar-refractivity contribution < 1.29 is 14.7 Å². The van der Waals surface area contributed by atoms with E-state index < -0.39 is 11.9 Å². The van der Waals surface area contributed by atoms with Crippen molar-refractivity contribution in [2.75, 3.05) is 29.4 Å². The van der Waals surface area contributed by atoms with E-state index >= 15 is 0 Å². The highest BCUT2D eigenvalue weighted by atomic mass is 16.4. The summed E-state index contributed by atoms with van der Waals surface area (Å²) >= 11 is 0. The number of hydrogen-bond donors (Lipinski definition) is 1. The fraction of sp³-hybridized carbons (Fsp3) is 0.467. The van der Waals surface area contributed by atoms with E-state index in [1.165, 1.54) is 18.5 Å². The Balaban J connectivity index is 1.74. The zero-order valence-electron chi connectivity index (χ0n) is 11.3. The highest BCUT2D eigenvalue weighted by Gasteiger charge is 2.35. The van der Waals surface area contributed by atoms with E-state index in [1.54, 1.807) is 4.90 Å². The Labute approximate surface area is 117 Å². The topological polar surface area (TPSA) is 60.9 Å². The Morgan fingerprint density at radius 3 is 2.25 bits per heavy atom. The Kier molecular flexibility index (Phi) is 3.34. The van der Waals surface area contributed by atoms with Gasteiger partial charge in [-0.25, -0.2) is 0 Å². The average Bonchev–Trinajstić information content (AvgIpc) is 3.08. The number of carboxylic acid groups (broad SMARTS) is 1. The normalized spacial score (nSPS) is 22.6. The molecule has 2 aliphatic heterocycles. The van der Waals surface area contributed by atoms with Gasteiger partial charge in [-0.3, -0.25) is 9.59 Å². The van der Waals surface area contributed by atoms with Gasteiger partial charge in [-0.05, 0) is 37.1 Å². The lowest BCUT2D eigenvalue weighted by Gasteiger charge is -2.20. The molecule has 0 saturated carbocycles. The van der Waals surface area contributed by atoms with Crippen LogP contribution in [0.15, 0.2) is 24.3 Å². The molecular formula is C15H18N2O3. The van der Waals surface area contributed by atoms with E-state index in [1.807, 2.05) is 24.3 Å². The lowest BCUT2D eigenvalue weighted by molar-refractivity contribution is -0.141. The van der Waals surface area contributed by atoms with Crippen LogP contribution in [0.2, 0.25) is 0 Å². The molecule has 2 saturated heterocycles. The summed E-state index contributed by atoms with van der Waals surface area (Å²) in [5, 5.41) is 9.00. The van der Waals surface area contributed by atoms with Gasteiger partial charge in [0.2, 0.25) is 5.91 Å². The zero-order chi connectivity index (χ0) is 14.1. The minimum atomic E-state index is -0.894. The largest absolute Gasteiger partial charge is 0.481 e. The second kappa shape index (κ2) is 5.15. The first kappa shape index (κ1) is 13.0. The van der Waals surface area contributed by atoms with Gasteiger partial charge in [0.05, 0.1) is 5.92 Å². The van der Waals surface area contributed by atoms with Crippen molar-refractivity contribution in [2.24, 2.45) is 5.92 Å². The molecule has 1 N–H and O–H groups in total. The minimum Gasteiger partial charge on any atom is -0.481 e. The predicted octanol–water partition coefficient (Wildman–Crippen LogP) is 1.72. The monoisotopic (exact) mass is 274 g/mol. The number of benzene rings is 1. The van der Waals surface area contributed by atoms with Crippen molar-refractivity contribution in [1.29, 1.82) is 0 Å². The third-order valence-corrected chi connectivity index (χ3v) is 4.11. The molecule has 1 aromatic carbocycles. The molecule has 0 bridgehead atoms. The molecule has 1 aromatic rings. The number of amides is 1. The summed E-state index contributed by atoms with van der Waals surface area (Å²) in [5.41, 5.74) is 1.97. The number of anilines is 2. The van der Waals surface area contributed by atoms with Gasteiger partial charge in [0.1, 0.15) is 0 Å². The number of rotatable bonds is 3. The molecule has 3 rings (SSSR count). The first-order chi connectivity index (χ1) is 9.65. The minimum absolute atomic E-state index is 0.100. The first-order valence-corrected chi connectivity index (χ1v) is 7.03. The van der Waals surface area contributed by atoms with Crippen molar-refractivity contribution in [2.45, 2.75) is 19.3 Å². The summed E-state index contributed by atoms with van der Waals surface area (Å²) in [5.74, 6) is -1.58. The van der Waals surface area contributed by atoms with Crippen LogP contribution in [0.4, 0.5) is 11.4 Å². The number of hydrogen-bond acceptors (Lipinski definition) is 3. The van der Waals surface area contributed by atoms with E-state index in [0.29, 0.717) is 0 Å². The number of carboxylic acids is 1. The highest BCUT2D eigenvalue weighted by molar-refractivity contribution is 5.99. The maximum absolute atomic E-state index is 11.9. The molecule has 0 aliphatic carbocycles. The van der Waals surface area contributed by atoms with Crippen LogP contribution in [-0.4, -0.2) is 36.6 Å². The molecule has 2 aliphatic rings. The van der Waals surface area contributed by atoms with Crippen LogP contribution in [0, 0.1) is 5.92 Å². The highest BCUT2D eigenvalue weighted by Crippen LogP contribution is 2.28. The van der Waals surface area contributed by atoms with Gasteiger partial charge >= 0.3 is 5.97 Å². The van der Waals surface area contributed by atoms with Crippen LogP contribution in [0.1, 0.15) is 19.3 Å². The second-order valence-corrected chi connectivity index (χ2v) is 5.45. The Morgan fingerprint density at radius 1 is 1.10 bits per heavy atom. The third-order valence-electron chi connectivity index (χ3n) is 4.11. The van der Waals surface area contributed by atoms with Crippen LogP contribution < -0.4 is 9.80 Å². The lowest BCUT2D eigenvalue weighted by atomic mass is 10.1. The molecule has 2 heterocycles. The van der Waals surface area contributed by atoms with Crippen molar-refractivity contribution in [3.05, 3.63) is 24.3 Å².